The smallest absolute Gasteiger partial charge is 0.258 e. The molecule has 10 nitrogen and oxygen atoms in total. The number of amides is 2. The lowest BCUT2D eigenvalue weighted by Gasteiger charge is -2.38. The number of likely N-dealkylation sites (tertiary alicyclic amines) is 1. The summed E-state index contributed by atoms with van der Waals surface area (Å²) in [6.07, 6.45) is 1.19. The van der Waals surface area contributed by atoms with Crippen LogP contribution in [0, 0.1) is 0 Å². The fraction of sp³-hybridized carbons (Fsp3) is 0.481. The second-order valence-electron chi connectivity index (χ2n) is 9.17. The van der Waals surface area contributed by atoms with Crippen LogP contribution in [0.3, 0.4) is 0 Å². The summed E-state index contributed by atoms with van der Waals surface area (Å²) < 4.78 is 23.1. The number of hydrogen-bond donors (Lipinski definition) is 3. The number of aliphatic hydroxyl groups is 1. The minimum Gasteiger partial charge on any atom is -0.496 e. The first-order valence-corrected chi connectivity index (χ1v) is 12.5. The van der Waals surface area contributed by atoms with Crippen LogP contribution in [-0.2, 0) is 22.6 Å². The summed E-state index contributed by atoms with van der Waals surface area (Å²) in [5.74, 6) is 1.80. The van der Waals surface area contributed by atoms with Gasteiger partial charge in [-0.25, -0.2) is 0 Å². The van der Waals surface area contributed by atoms with Crippen LogP contribution in [-0.4, -0.2) is 81.0 Å². The summed E-state index contributed by atoms with van der Waals surface area (Å²) in [5.41, 5.74) is 1.73. The fourth-order valence-electron chi connectivity index (χ4n) is 4.66. The van der Waals surface area contributed by atoms with Gasteiger partial charge in [0.05, 0.1) is 26.9 Å². The van der Waals surface area contributed by atoms with Gasteiger partial charge in [-0.05, 0) is 42.7 Å². The minimum atomic E-state index is -0.309. The number of fused-ring (bicyclic) bond motifs is 9. The lowest BCUT2D eigenvalue weighted by atomic mass is 10.0. The van der Waals surface area contributed by atoms with Crippen LogP contribution in [0.4, 0.5) is 0 Å². The van der Waals surface area contributed by atoms with Gasteiger partial charge in [-0.3, -0.25) is 14.5 Å². The Hall–Kier alpha value is -3.50. The number of methoxy groups -OCH3 is 2. The normalized spacial score (nSPS) is 21.2. The highest BCUT2D eigenvalue weighted by molar-refractivity contribution is 5.78. The number of aliphatic hydroxyl groups excluding tert-OH is 1. The van der Waals surface area contributed by atoms with Crippen molar-refractivity contribution in [2.45, 2.75) is 38.0 Å². The highest BCUT2D eigenvalue weighted by Crippen LogP contribution is 2.30. The predicted molar refractivity (Wildman–Crippen MR) is 136 cm³/mol. The van der Waals surface area contributed by atoms with Crippen molar-refractivity contribution in [3.63, 3.8) is 0 Å². The first kappa shape index (κ1) is 26.6. The highest BCUT2D eigenvalue weighted by Gasteiger charge is 2.32. The number of aryl methyl sites for hydroxylation is 1. The van der Waals surface area contributed by atoms with E-state index in [1.165, 1.54) is 7.11 Å². The first-order chi connectivity index (χ1) is 18.0. The van der Waals surface area contributed by atoms with Gasteiger partial charge in [0.15, 0.2) is 18.1 Å². The van der Waals surface area contributed by atoms with E-state index in [1.807, 2.05) is 18.2 Å². The molecule has 0 spiro atoms. The molecule has 1 fully saturated rings. The van der Waals surface area contributed by atoms with Crippen LogP contribution in [0.1, 0.15) is 24.0 Å². The number of nitrogens with zero attached hydrogens (tertiary/aromatic N) is 1. The lowest BCUT2D eigenvalue weighted by Crippen LogP contribution is -2.58. The molecular formula is C27H35N3O7. The van der Waals surface area contributed by atoms with Crippen LogP contribution in [0.25, 0.3) is 0 Å². The maximum atomic E-state index is 12.9. The molecule has 3 aliphatic rings. The number of carbonyl (C=O) groups is 2. The zero-order valence-electron chi connectivity index (χ0n) is 21.3. The van der Waals surface area contributed by atoms with Crippen LogP contribution in [0.5, 0.6) is 23.0 Å². The summed E-state index contributed by atoms with van der Waals surface area (Å²) in [6, 6.07) is 10.7. The van der Waals surface area contributed by atoms with Crippen LogP contribution >= 0.6 is 0 Å². The Morgan fingerprint density at radius 3 is 2.68 bits per heavy atom. The van der Waals surface area contributed by atoms with E-state index in [-0.39, 0.29) is 37.2 Å². The van der Waals surface area contributed by atoms with E-state index in [9.17, 15) is 14.7 Å². The topological polar surface area (TPSA) is 119 Å². The molecule has 10 heteroatoms. The number of benzene rings is 2. The Bertz CT molecular complexity index is 1090. The van der Waals surface area contributed by atoms with Gasteiger partial charge in [-0.2, -0.15) is 0 Å². The number of β-amino-alcohol motifs (C(OH)–C–C–N with tert-alkyl or cyclic N) is 1. The molecule has 3 N–H and O–H groups in total. The molecule has 2 amide bonds. The molecular weight excluding hydrogens is 478 g/mol. The highest BCUT2D eigenvalue weighted by atomic mass is 16.5. The van der Waals surface area contributed by atoms with E-state index in [4.69, 9.17) is 18.9 Å². The number of piperidine rings is 1. The molecule has 5 rings (SSSR count). The van der Waals surface area contributed by atoms with E-state index in [0.717, 1.165) is 17.7 Å². The van der Waals surface area contributed by atoms with Gasteiger partial charge in [0.25, 0.3) is 5.91 Å². The summed E-state index contributed by atoms with van der Waals surface area (Å²) in [5, 5.41) is 15.4. The number of rotatable bonds is 4. The van der Waals surface area contributed by atoms with E-state index < -0.39 is 0 Å². The van der Waals surface area contributed by atoms with Crippen molar-refractivity contribution in [2.75, 3.05) is 47.1 Å². The quantitative estimate of drug-likeness (QED) is 0.560. The van der Waals surface area contributed by atoms with Crippen LogP contribution in [0.2, 0.25) is 0 Å². The molecule has 2 atom stereocenters. The van der Waals surface area contributed by atoms with Gasteiger partial charge >= 0.3 is 0 Å². The van der Waals surface area contributed by atoms with Crippen molar-refractivity contribution in [3.05, 3.63) is 47.5 Å². The molecule has 3 aliphatic heterocycles. The summed E-state index contributed by atoms with van der Waals surface area (Å²) in [7, 11) is 3.12. The van der Waals surface area contributed by atoms with E-state index in [2.05, 4.69) is 15.5 Å². The van der Waals surface area contributed by atoms with Crippen LogP contribution in [0.15, 0.2) is 36.4 Å². The molecule has 37 heavy (non-hydrogen) atoms. The Morgan fingerprint density at radius 2 is 1.89 bits per heavy atom. The van der Waals surface area contributed by atoms with E-state index >= 15 is 0 Å². The van der Waals surface area contributed by atoms with Gasteiger partial charge in [0.1, 0.15) is 17.6 Å². The molecule has 1 saturated heterocycles. The molecule has 3 heterocycles. The number of carbonyl (C=O) groups excluding carboxylic acids is 2. The monoisotopic (exact) mass is 513 g/mol. The minimum absolute atomic E-state index is 0.0423. The average molecular weight is 514 g/mol. The zero-order chi connectivity index (χ0) is 26.2. The van der Waals surface area contributed by atoms with Crippen LogP contribution < -0.4 is 29.6 Å². The number of ether oxygens (including phenoxy) is 4. The summed E-state index contributed by atoms with van der Waals surface area (Å²) in [4.78, 5) is 27.5. The van der Waals surface area contributed by atoms with Gasteiger partial charge in [-0.15, -0.1) is 0 Å². The summed E-state index contributed by atoms with van der Waals surface area (Å²) >= 11 is 0. The molecule has 0 unspecified atom stereocenters. The third-order valence-corrected chi connectivity index (χ3v) is 6.65. The third-order valence-electron chi connectivity index (χ3n) is 6.65. The van der Waals surface area contributed by atoms with Gasteiger partial charge in [-0.1, -0.05) is 6.07 Å². The van der Waals surface area contributed by atoms with Crippen molar-refractivity contribution in [2.24, 2.45) is 0 Å². The SMILES string of the molecule is COc1cc2ccc1CNC(=O)CCc1ccc(OC)c(c1)OCC(=O)N[C@@H]1CN(CCO)CC[C@@H]1O2. The van der Waals surface area contributed by atoms with E-state index in [0.29, 0.717) is 61.9 Å². The van der Waals surface area contributed by atoms with Gasteiger partial charge in [0.2, 0.25) is 5.91 Å². The maximum Gasteiger partial charge on any atom is 0.258 e. The largest absolute Gasteiger partial charge is 0.496 e. The van der Waals surface area contributed by atoms with Crippen molar-refractivity contribution < 1.29 is 33.6 Å². The zero-order valence-corrected chi connectivity index (χ0v) is 21.3. The van der Waals surface area contributed by atoms with E-state index in [1.54, 1.807) is 25.3 Å². The lowest BCUT2D eigenvalue weighted by molar-refractivity contribution is -0.125. The Labute approximate surface area is 216 Å². The molecule has 2 aromatic carbocycles. The third kappa shape index (κ3) is 7.05. The first-order valence-electron chi connectivity index (χ1n) is 12.5. The fourth-order valence-corrected chi connectivity index (χ4v) is 4.66. The molecule has 0 radical (unpaired) electrons. The van der Waals surface area contributed by atoms with Crippen molar-refractivity contribution >= 4 is 11.8 Å². The Balaban J connectivity index is 1.60. The number of hydrogen-bond acceptors (Lipinski definition) is 8. The Kier molecular flexibility index (Phi) is 9.08. The molecule has 2 aromatic rings. The molecule has 0 aliphatic carbocycles. The average Bonchev–Trinajstić information content (AvgIpc) is 2.91. The van der Waals surface area contributed by atoms with Gasteiger partial charge < -0.3 is 34.7 Å². The molecule has 0 saturated carbocycles. The molecule has 0 aromatic heterocycles. The van der Waals surface area contributed by atoms with Gasteiger partial charge in [0, 0.05) is 44.2 Å². The number of nitrogens with one attached hydrogen (secondary N) is 2. The molecule has 4 bridgehead atoms. The Morgan fingerprint density at radius 1 is 1.05 bits per heavy atom. The maximum absolute atomic E-state index is 12.9. The second kappa shape index (κ2) is 12.6. The van der Waals surface area contributed by atoms with Crippen molar-refractivity contribution in [3.8, 4) is 23.0 Å². The summed E-state index contributed by atoms with van der Waals surface area (Å²) in [6.45, 7) is 1.97. The molecule has 200 valence electrons. The predicted octanol–water partition coefficient (Wildman–Crippen LogP) is 1.28. The second-order valence-corrected chi connectivity index (χ2v) is 9.17. The van der Waals surface area contributed by atoms with Crippen molar-refractivity contribution in [1.82, 2.24) is 15.5 Å². The standard InChI is InChI=1S/C27H35N3O7/c1-34-23-7-3-18-4-8-26(32)28-15-19-5-6-20(14-24(19)35-2)37-22-9-10-30(11-12-31)16-21(22)29-27(33)17-36-25(23)13-18/h3,5-7,13-14,21-22,31H,4,8-12,15-17H2,1-2H3,(H,28,32)(H,29,33)/t21-,22+/m1/s1. The van der Waals surface area contributed by atoms with Crippen molar-refractivity contribution in [1.29, 1.82) is 0 Å².